The van der Waals surface area contributed by atoms with Crippen LogP contribution in [0.5, 0.6) is 5.75 Å². The van der Waals surface area contributed by atoms with Crippen molar-refractivity contribution in [3.8, 4) is 28.0 Å². The van der Waals surface area contributed by atoms with Crippen LogP contribution in [-0.4, -0.2) is 42.1 Å². The summed E-state index contributed by atoms with van der Waals surface area (Å²) in [6, 6.07) is 24.9. The summed E-state index contributed by atoms with van der Waals surface area (Å²) in [7, 11) is 0. The number of benzene rings is 3. The average Bonchev–Trinajstić information content (AvgIpc) is 3.51. The second-order valence-corrected chi connectivity index (χ2v) is 9.76. The van der Waals surface area contributed by atoms with Crippen molar-refractivity contribution in [1.29, 1.82) is 0 Å². The van der Waals surface area contributed by atoms with Crippen LogP contribution in [0.2, 0.25) is 0 Å². The molecule has 0 fully saturated rings. The van der Waals surface area contributed by atoms with Gasteiger partial charge in [0.05, 0.1) is 18.2 Å². The molecule has 1 heterocycles. The van der Waals surface area contributed by atoms with E-state index in [0.717, 1.165) is 58.5 Å². The molecule has 0 bridgehead atoms. The molecule has 3 aromatic rings. The van der Waals surface area contributed by atoms with Crippen LogP contribution in [0, 0.1) is 5.92 Å². The molecule has 0 spiro atoms. The van der Waals surface area contributed by atoms with E-state index >= 15 is 0 Å². The number of nitrogens with one attached hydrogen (secondary N) is 1. The molecule has 39 heavy (non-hydrogen) atoms. The smallest absolute Gasteiger partial charge is 0.306 e. The van der Waals surface area contributed by atoms with Crippen molar-refractivity contribution in [2.45, 2.75) is 45.4 Å². The molecule has 0 radical (unpaired) electrons. The van der Waals surface area contributed by atoms with Gasteiger partial charge >= 0.3 is 5.97 Å². The maximum atomic E-state index is 12.0. The molecule has 0 aliphatic carbocycles. The summed E-state index contributed by atoms with van der Waals surface area (Å²) in [4.78, 5) is 22.8. The fraction of sp³-hybridized carbons (Fsp3) is 0.312. The molecule has 0 aromatic heterocycles. The molecule has 7 heteroatoms. The van der Waals surface area contributed by atoms with Gasteiger partial charge in [-0.25, -0.2) is 0 Å². The summed E-state index contributed by atoms with van der Waals surface area (Å²) in [5, 5.41) is 19.9. The maximum absolute atomic E-state index is 12.0. The standard InChI is InChI=1S/C32H35N3O4/c1-23(32(37)38)5-2-3-20-33-31(36)6-4-22-39-29-17-15-27(16-18-29)25-9-7-24(8-10-25)26-11-13-28(14-12-26)30-19-21-34-35-30/h7-18,21,23H,2-6,19-20,22H2,1H3,(H,33,36)(H,37,38)/t23-/m0/s1. The molecule has 0 saturated heterocycles. The largest absolute Gasteiger partial charge is 0.494 e. The minimum Gasteiger partial charge on any atom is -0.494 e. The van der Waals surface area contributed by atoms with Gasteiger partial charge in [-0.15, -0.1) is 0 Å². The lowest BCUT2D eigenvalue weighted by atomic mass is 9.98. The first-order valence-electron chi connectivity index (χ1n) is 13.5. The van der Waals surface area contributed by atoms with E-state index in [1.54, 1.807) is 6.92 Å². The molecule has 0 unspecified atom stereocenters. The van der Waals surface area contributed by atoms with Crippen LogP contribution in [0.15, 0.2) is 83.0 Å². The van der Waals surface area contributed by atoms with Gasteiger partial charge in [0.2, 0.25) is 5.91 Å². The van der Waals surface area contributed by atoms with Crippen LogP contribution in [-0.2, 0) is 9.59 Å². The Balaban J connectivity index is 1.16. The van der Waals surface area contributed by atoms with E-state index in [4.69, 9.17) is 9.84 Å². The van der Waals surface area contributed by atoms with Crippen molar-refractivity contribution < 1.29 is 19.4 Å². The zero-order chi connectivity index (χ0) is 27.5. The molecule has 4 rings (SSSR count). The first-order valence-corrected chi connectivity index (χ1v) is 13.5. The van der Waals surface area contributed by atoms with Crippen LogP contribution < -0.4 is 10.1 Å². The van der Waals surface area contributed by atoms with Crippen LogP contribution in [0.4, 0.5) is 0 Å². The average molecular weight is 526 g/mol. The number of aliphatic carboxylic acids is 1. The predicted octanol–water partition coefficient (Wildman–Crippen LogP) is 6.37. The van der Waals surface area contributed by atoms with E-state index < -0.39 is 5.97 Å². The van der Waals surface area contributed by atoms with E-state index in [9.17, 15) is 9.59 Å². The molecule has 1 aliphatic rings. The first-order chi connectivity index (χ1) is 19.0. The van der Waals surface area contributed by atoms with Gasteiger partial charge in [-0.1, -0.05) is 74.0 Å². The highest BCUT2D eigenvalue weighted by Crippen LogP contribution is 2.27. The third kappa shape index (κ3) is 8.37. The summed E-state index contributed by atoms with van der Waals surface area (Å²) in [5.74, 6) is -0.333. The number of carboxylic acid groups (broad SMARTS) is 1. The van der Waals surface area contributed by atoms with Gasteiger partial charge in [0.15, 0.2) is 0 Å². The molecule has 7 nitrogen and oxygen atoms in total. The Bertz CT molecular complexity index is 1300. The normalized spacial score (nSPS) is 13.1. The monoisotopic (exact) mass is 525 g/mol. The number of nitrogens with zero attached hydrogens (tertiary/aromatic N) is 2. The zero-order valence-electron chi connectivity index (χ0n) is 22.3. The lowest BCUT2D eigenvalue weighted by Gasteiger charge is -2.09. The molecule has 1 atom stereocenters. The van der Waals surface area contributed by atoms with Gasteiger partial charge in [-0.2, -0.15) is 10.2 Å². The van der Waals surface area contributed by atoms with Crippen LogP contribution in [0.25, 0.3) is 22.3 Å². The quantitative estimate of drug-likeness (QED) is 0.239. The number of carboxylic acids is 1. The Kier molecular flexibility index (Phi) is 10.0. The van der Waals surface area contributed by atoms with Crippen LogP contribution in [0.1, 0.15) is 51.0 Å². The Hall–Kier alpha value is -4.26. The number of carbonyl (C=O) groups is 2. The SMILES string of the molecule is C[C@@H](CCCCNC(=O)CCCOc1ccc(-c2ccc(-c3ccc(C4=NN=CC4)cc3)cc2)cc1)C(=O)O. The molecule has 2 N–H and O–H groups in total. The number of amides is 1. The number of carbonyl (C=O) groups excluding carboxylic acids is 1. The van der Waals surface area contributed by atoms with E-state index in [1.807, 2.05) is 30.5 Å². The number of hydrogen-bond acceptors (Lipinski definition) is 5. The van der Waals surface area contributed by atoms with Gasteiger partial charge in [0.1, 0.15) is 5.75 Å². The van der Waals surface area contributed by atoms with E-state index in [0.29, 0.717) is 32.4 Å². The number of ether oxygens (including phenoxy) is 1. The Morgan fingerprint density at radius 1 is 0.846 bits per heavy atom. The lowest BCUT2D eigenvalue weighted by Crippen LogP contribution is -2.24. The second-order valence-electron chi connectivity index (χ2n) is 9.76. The molecule has 202 valence electrons. The van der Waals surface area contributed by atoms with E-state index in [2.05, 4.69) is 64.1 Å². The summed E-state index contributed by atoms with van der Waals surface area (Å²) < 4.78 is 5.81. The topological polar surface area (TPSA) is 100 Å². The molecule has 1 amide bonds. The minimum absolute atomic E-state index is 0.00237. The minimum atomic E-state index is -0.771. The molecule has 1 aliphatic heterocycles. The van der Waals surface area contributed by atoms with Gasteiger partial charge in [-0.05, 0) is 59.2 Å². The third-order valence-electron chi connectivity index (χ3n) is 6.79. The van der Waals surface area contributed by atoms with Crippen molar-refractivity contribution in [2.75, 3.05) is 13.2 Å². The summed E-state index contributed by atoms with van der Waals surface area (Å²) in [5.41, 5.74) is 6.67. The molecular weight excluding hydrogens is 490 g/mol. The molecule has 0 saturated carbocycles. The molecular formula is C32H35N3O4. The van der Waals surface area contributed by atoms with Gasteiger partial charge < -0.3 is 15.2 Å². The summed E-state index contributed by atoms with van der Waals surface area (Å²) in [6.07, 6.45) is 5.85. The fourth-order valence-corrected chi connectivity index (χ4v) is 4.35. The number of hydrogen-bond donors (Lipinski definition) is 2. The Morgan fingerprint density at radius 3 is 1.95 bits per heavy atom. The predicted molar refractivity (Wildman–Crippen MR) is 155 cm³/mol. The Morgan fingerprint density at radius 2 is 1.41 bits per heavy atom. The summed E-state index contributed by atoms with van der Waals surface area (Å²) in [6.45, 7) is 2.75. The maximum Gasteiger partial charge on any atom is 0.306 e. The first kappa shape index (κ1) is 27.8. The highest BCUT2D eigenvalue weighted by molar-refractivity contribution is 6.09. The van der Waals surface area contributed by atoms with Crippen molar-refractivity contribution in [2.24, 2.45) is 16.1 Å². The second kappa shape index (κ2) is 14.0. The highest BCUT2D eigenvalue weighted by atomic mass is 16.5. The Labute approximate surface area is 229 Å². The number of unbranched alkanes of at least 4 members (excludes halogenated alkanes) is 1. The van der Waals surface area contributed by atoms with Gasteiger partial charge in [0.25, 0.3) is 0 Å². The fourth-order valence-electron chi connectivity index (χ4n) is 4.35. The number of rotatable bonds is 14. The van der Waals surface area contributed by atoms with E-state index in [-0.39, 0.29) is 11.8 Å². The third-order valence-corrected chi connectivity index (χ3v) is 6.79. The van der Waals surface area contributed by atoms with Gasteiger partial charge in [0, 0.05) is 25.6 Å². The van der Waals surface area contributed by atoms with Crippen LogP contribution in [0.3, 0.4) is 0 Å². The van der Waals surface area contributed by atoms with Crippen molar-refractivity contribution in [3.05, 3.63) is 78.4 Å². The summed E-state index contributed by atoms with van der Waals surface area (Å²) >= 11 is 0. The zero-order valence-corrected chi connectivity index (χ0v) is 22.3. The van der Waals surface area contributed by atoms with Crippen molar-refractivity contribution in [1.82, 2.24) is 5.32 Å². The van der Waals surface area contributed by atoms with Crippen molar-refractivity contribution >= 4 is 23.8 Å². The molecule has 3 aromatic carbocycles. The van der Waals surface area contributed by atoms with Crippen molar-refractivity contribution in [3.63, 3.8) is 0 Å². The van der Waals surface area contributed by atoms with Gasteiger partial charge in [-0.3, -0.25) is 9.59 Å². The van der Waals surface area contributed by atoms with E-state index in [1.165, 1.54) is 0 Å². The van der Waals surface area contributed by atoms with Crippen LogP contribution >= 0.6 is 0 Å². The lowest BCUT2D eigenvalue weighted by molar-refractivity contribution is -0.141. The highest BCUT2D eigenvalue weighted by Gasteiger charge is 2.10.